The van der Waals surface area contributed by atoms with Crippen molar-refractivity contribution in [1.29, 1.82) is 0 Å². The zero-order chi connectivity index (χ0) is 17.4. The molecule has 0 heterocycles. The second-order valence-corrected chi connectivity index (χ2v) is 4.74. The second-order valence-electron chi connectivity index (χ2n) is 4.74. The summed E-state index contributed by atoms with van der Waals surface area (Å²) in [5, 5.41) is 15.6. The molecule has 8 heteroatoms. The molecule has 8 nitrogen and oxygen atoms in total. The topological polar surface area (TPSA) is 101 Å². The predicted molar refractivity (Wildman–Crippen MR) is 86.7 cm³/mol. The van der Waals surface area contributed by atoms with E-state index in [4.69, 9.17) is 15.2 Å². The first kappa shape index (κ1) is 18.6. The molecule has 0 spiro atoms. The summed E-state index contributed by atoms with van der Waals surface area (Å²) in [6.45, 7) is 2.27. The number of hydrogen-bond donors (Lipinski definition) is 2. The first-order chi connectivity index (χ1) is 11.0. The summed E-state index contributed by atoms with van der Waals surface area (Å²) >= 11 is 0. The van der Waals surface area contributed by atoms with E-state index in [1.807, 2.05) is 6.92 Å². The minimum absolute atomic E-state index is 0.130. The van der Waals surface area contributed by atoms with Gasteiger partial charge in [-0.15, -0.1) is 0 Å². The summed E-state index contributed by atoms with van der Waals surface area (Å²) in [5.41, 5.74) is 6.02. The van der Waals surface area contributed by atoms with Gasteiger partial charge in [0.05, 0.1) is 20.8 Å². The van der Waals surface area contributed by atoms with Crippen LogP contribution < -0.4 is 15.2 Å². The number of carbonyl (C=O) groups is 1. The van der Waals surface area contributed by atoms with E-state index in [9.17, 15) is 10.0 Å². The molecule has 0 aliphatic heterocycles. The molecule has 0 radical (unpaired) electrons. The predicted octanol–water partition coefficient (Wildman–Crippen LogP) is 0.884. The minimum atomic E-state index is -0.268. The lowest BCUT2D eigenvalue weighted by molar-refractivity contribution is -0.139. The van der Waals surface area contributed by atoms with Crippen LogP contribution in [0.25, 0.3) is 0 Å². The van der Waals surface area contributed by atoms with E-state index in [2.05, 4.69) is 5.16 Å². The van der Waals surface area contributed by atoms with Crippen molar-refractivity contribution >= 4 is 11.7 Å². The Kier molecular flexibility index (Phi) is 7.14. The number of ether oxygens (including phenoxy) is 2. The molecule has 1 rings (SSSR count). The maximum atomic E-state index is 12.0. The summed E-state index contributed by atoms with van der Waals surface area (Å²) < 4.78 is 10.4. The molecule has 128 valence electrons. The Labute approximate surface area is 136 Å². The number of amidine groups is 1. The number of hydrazine groups is 1. The van der Waals surface area contributed by atoms with Gasteiger partial charge in [0.1, 0.15) is 0 Å². The van der Waals surface area contributed by atoms with Crippen LogP contribution in [0.5, 0.6) is 11.5 Å². The van der Waals surface area contributed by atoms with E-state index in [1.165, 1.54) is 24.2 Å². The average Bonchev–Trinajstić information content (AvgIpc) is 2.59. The quantitative estimate of drug-likeness (QED) is 0.349. The number of carbonyl (C=O) groups excluding carboxylic acids is 1. The summed E-state index contributed by atoms with van der Waals surface area (Å²) in [4.78, 5) is 12.0. The number of methoxy groups -OCH3 is 2. The van der Waals surface area contributed by atoms with E-state index >= 15 is 0 Å². The Balaban J connectivity index is 3.18. The highest BCUT2D eigenvalue weighted by Gasteiger charge is 2.22. The lowest BCUT2D eigenvalue weighted by atomic mass is 10.1. The van der Waals surface area contributed by atoms with Crippen molar-refractivity contribution < 1.29 is 19.5 Å². The van der Waals surface area contributed by atoms with Gasteiger partial charge in [-0.3, -0.25) is 14.8 Å². The van der Waals surface area contributed by atoms with Crippen LogP contribution in [0.15, 0.2) is 23.4 Å². The average molecular weight is 324 g/mol. The van der Waals surface area contributed by atoms with Gasteiger partial charge in [0.25, 0.3) is 5.91 Å². The van der Waals surface area contributed by atoms with Gasteiger partial charge in [0.15, 0.2) is 17.3 Å². The van der Waals surface area contributed by atoms with Crippen molar-refractivity contribution in [3.63, 3.8) is 0 Å². The lowest BCUT2D eigenvalue weighted by Crippen LogP contribution is -2.50. The van der Waals surface area contributed by atoms with Crippen LogP contribution in [0.2, 0.25) is 0 Å². The molecule has 0 aliphatic carbocycles. The van der Waals surface area contributed by atoms with Gasteiger partial charge in [0.2, 0.25) is 0 Å². The molecule has 0 atom stereocenters. The summed E-state index contributed by atoms with van der Waals surface area (Å²) in [6.07, 6.45) is 0.737. The second kappa shape index (κ2) is 8.84. The first-order valence-corrected chi connectivity index (χ1v) is 7.22. The standard InChI is InChI=1S/C15H24N4O4/c1-5-8-19(14(20)10-16)18(2)15(17-21)11-6-7-12(22-3)13(9-11)23-4/h6-7,9,21H,5,8,10,16H2,1-4H3/b17-15-. The molecule has 0 saturated heterocycles. The first-order valence-electron chi connectivity index (χ1n) is 7.22. The normalized spacial score (nSPS) is 11.1. The Morgan fingerprint density at radius 3 is 2.43 bits per heavy atom. The molecule has 23 heavy (non-hydrogen) atoms. The lowest BCUT2D eigenvalue weighted by Gasteiger charge is -2.33. The van der Waals surface area contributed by atoms with Gasteiger partial charge in [-0.2, -0.15) is 0 Å². The largest absolute Gasteiger partial charge is 0.493 e. The fraction of sp³-hybridized carbons (Fsp3) is 0.467. The number of hydrogen-bond acceptors (Lipinski definition) is 6. The molecule has 1 amide bonds. The van der Waals surface area contributed by atoms with E-state index in [0.717, 1.165) is 6.42 Å². The Morgan fingerprint density at radius 2 is 1.96 bits per heavy atom. The van der Waals surface area contributed by atoms with Crippen LogP contribution in [0.4, 0.5) is 0 Å². The maximum absolute atomic E-state index is 12.0. The van der Waals surface area contributed by atoms with Gasteiger partial charge in [0, 0.05) is 19.2 Å². The molecule has 1 aromatic carbocycles. The molecule has 0 aromatic heterocycles. The summed E-state index contributed by atoms with van der Waals surface area (Å²) in [5.74, 6) is 0.976. The van der Waals surface area contributed by atoms with Crippen LogP contribution in [-0.4, -0.2) is 61.3 Å². The number of benzene rings is 1. The van der Waals surface area contributed by atoms with E-state index in [1.54, 1.807) is 25.2 Å². The number of nitrogens with two attached hydrogens (primary N) is 1. The van der Waals surface area contributed by atoms with Crippen LogP contribution in [0, 0.1) is 0 Å². The third-order valence-electron chi connectivity index (χ3n) is 3.30. The van der Waals surface area contributed by atoms with Gasteiger partial charge in [-0.1, -0.05) is 12.1 Å². The maximum Gasteiger partial charge on any atom is 0.254 e. The highest BCUT2D eigenvalue weighted by atomic mass is 16.5. The molecule has 0 unspecified atom stereocenters. The summed E-state index contributed by atoms with van der Waals surface area (Å²) in [7, 11) is 4.69. The van der Waals surface area contributed by atoms with Crippen LogP contribution >= 0.6 is 0 Å². The van der Waals surface area contributed by atoms with Gasteiger partial charge < -0.3 is 20.4 Å². The Hall–Kier alpha value is -2.48. The molecule has 1 aromatic rings. The fourth-order valence-corrected chi connectivity index (χ4v) is 2.16. The SMILES string of the molecule is CCCN(C(=O)CN)N(C)/C(=N\O)c1ccc(OC)c(OC)c1. The number of nitrogens with zero attached hydrogens (tertiary/aromatic N) is 3. The van der Waals surface area contributed by atoms with Crippen molar-refractivity contribution in [2.75, 3.05) is 34.4 Å². The number of amides is 1. The molecule has 0 aliphatic rings. The van der Waals surface area contributed by atoms with E-state index < -0.39 is 0 Å². The molecular weight excluding hydrogens is 300 g/mol. The minimum Gasteiger partial charge on any atom is -0.493 e. The molecule has 0 saturated carbocycles. The van der Waals surface area contributed by atoms with Gasteiger partial charge in [-0.25, -0.2) is 0 Å². The third kappa shape index (κ3) is 4.26. The van der Waals surface area contributed by atoms with Crippen molar-refractivity contribution in [1.82, 2.24) is 10.0 Å². The van der Waals surface area contributed by atoms with Gasteiger partial charge in [-0.05, 0) is 24.6 Å². The zero-order valence-corrected chi connectivity index (χ0v) is 13.9. The molecule has 0 bridgehead atoms. The monoisotopic (exact) mass is 324 g/mol. The van der Waals surface area contributed by atoms with Crippen molar-refractivity contribution in [2.45, 2.75) is 13.3 Å². The Morgan fingerprint density at radius 1 is 1.30 bits per heavy atom. The van der Waals surface area contributed by atoms with Crippen LogP contribution in [0.3, 0.4) is 0 Å². The number of oxime groups is 1. The fourth-order valence-electron chi connectivity index (χ4n) is 2.16. The van der Waals surface area contributed by atoms with Crippen molar-refractivity contribution in [3.8, 4) is 11.5 Å². The summed E-state index contributed by atoms with van der Waals surface area (Å²) in [6, 6.07) is 5.08. The van der Waals surface area contributed by atoms with Gasteiger partial charge >= 0.3 is 0 Å². The highest BCUT2D eigenvalue weighted by Crippen LogP contribution is 2.28. The molecule has 0 fully saturated rings. The number of rotatable bonds is 6. The van der Waals surface area contributed by atoms with Crippen molar-refractivity contribution in [2.24, 2.45) is 10.9 Å². The van der Waals surface area contributed by atoms with Crippen molar-refractivity contribution in [3.05, 3.63) is 23.8 Å². The van der Waals surface area contributed by atoms with E-state index in [-0.39, 0.29) is 18.3 Å². The smallest absolute Gasteiger partial charge is 0.254 e. The third-order valence-corrected chi connectivity index (χ3v) is 3.30. The Bertz CT molecular complexity index is 562. The highest BCUT2D eigenvalue weighted by molar-refractivity contribution is 5.99. The van der Waals surface area contributed by atoms with Crippen LogP contribution in [-0.2, 0) is 4.79 Å². The molecule has 3 N–H and O–H groups in total. The van der Waals surface area contributed by atoms with Crippen LogP contribution in [0.1, 0.15) is 18.9 Å². The molecular formula is C15H24N4O4. The zero-order valence-electron chi connectivity index (χ0n) is 13.9. The van der Waals surface area contributed by atoms with E-state index in [0.29, 0.717) is 23.6 Å².